The Labute approximate surface area is 97.3 Å². The summed E-state index contributed by atoms with van der Waals surface area (Å²) in [5, 5.41) is 5.42. The van der Waals surface area contributed by atoms with Crippen molar-refractivity contribution in [1.82, 2.24) is 10.2 Å². The third-order valence-corrected chi connectivity index (χ3v) is 3.53. The topological polar surface area (TPSA) is 15.3 Å². The second kappa shape index (κ2) is 6.99. The standard InChI is InChI=1S/C12H22N2S/c1-4-6-11(9-13-2)14(3)10-12-7-5-8-15-12/h5,7-8,11,13H,4,6,9-10H2,1-3H3. The van der Waals surface area contributed by atoms with Crippen LogP contribution in [0.15, 0.2) is 17.5 Å². The van der Waals surface area contributed by atoms with Gasteiger partial charge >= 0.3 is 0 Å². The summed E-state index contributed by atoms with van der Waals surface area (Å²) in [6.45, 7) is 4.40. The van der Waals surface area contributed by atoms with Crippen LogP contribution in [0.3, 0.4) is 0 Å². The lowest BCUT2D eigenvalue weighted by Crippen LogP contribution is -2.38. The molecule has 1 atom stereocenters. The minimum Gasteiger partial charge on any atom is -0.318 e. The molecule has 15 heavy (non-hydrogen) atoms. The highest BCUT2D eigenvalue weighted by molar-refractivity contribution is 7.09. The van der Waals surface area contributed by atoms with Crippen LogP contribution in [0.5, 0.6) is 0 Å². The first-order chi connectivity index (χ1) is 7.27. The number of thiophene rings is 1. The molecule has 1 heterocycles. The number of hydrogen-bond donors (Lipinski definition) is 1. The second-order valence-electron chi connectivity index (χ2n) is 3.99. The van der Waals surface area contributed by atoms with Crippen LogP contribution in [0.4, 0.5) is 0 Å². The summed E-state index contributed by atoms with van der Waals surface area (Å²) >= 11 is 1.84. The van der Waals surface area contributed by atoms with Gasteiger partial charge in [-0.3, -0.25) is 4.90 Å². The van der Waals surface area contributed by atoms with E-state index in [0.717, 1.165) is 13.1 Å². The van der Waals surface area contributed by atoms with E-state index in [-0.39, 0.29) is 0 Å². The van der Waals surface area contributed by atoms with E-state index in [0.29, 0.717) is 6.04 Å². The molecule has 2 nitrogen and oxygen atoms in total. The van der Waals surface area contributed by atoms with E-state index in [9.17, 15) is 0 Å². The fourth-order valence-corrected chi connectivity index (χ4v) is 2.59. The first-order valence-corrected chi connectivity index (χ1v) is 6.53. The first-order valence-electron chi connectivity index (χ1n) is 5.65. The molecule has 0 saturated heterocycles. The van der Waals surface area contributed by atoms with Gasteiger partial charge < -0.3 is 5.32 Å². The van der Waals surface area contributed by atoms with Gasteiger partial charge in [0.25, 0.3) is 0 Å². The molecule has 86 valence electrons. The average molecular weight is 226 g/mol. The molecule has 0 aliphatic rings. The van der Waals surface area contributed by atoms with Gasteiger partial charge in [-0.1, -0.05) is 19.4 Å². The molecule has 0 aromatic carbocycles. The van der Waals surface area contributed by atoms with Crippen LogP contribution in [0.2, 0.25) is 0 Å². The zero-order chi connectivity index (χ0) is 11.1. The Morgan fingerprint density at radius 2 is 2.33 bits per heavy atom. The van der Waals surface area contributed by atoms with Gasteiger partial charge in [-0.2, -0.15) is 0 Å². The molecule has 1 aromatic rings. The highest BCUT2D eigenvalue weighted by Crippen LogP contribution is 2.14. The Morgan fingerprint density at radius 1 is 1.53 bits per heavy atom. The van der Waals surface area contributed by atoms with Crippen LogP contribution >= 0.6 is 11.3 Å². The third kappa shape index (κ3) is 4.33. The van der Waals surface area contributed by atoms with Crippen LogP contribution in [0, 0.1) is 0 Å². The molecule has 1 rings (SSSR count). The summed E-state index contributed by atoms with van der Waals surface area (Å²) < 4.78 is 0. The number of hydrogen-bond acceptors (Lipinski definition) is 3. The summed E-state index contributed by atoms with van der Waals surface area (Å²) in [6, 6.07) is 4.99. The quantitative estimate of drug-likeness (QED) is 0.769. The lowest BCUT2D eigenvalue weighted by atomic mass is 10.1. The van der Waals surface area contributed by atoms with Crippen molar-refractivity contribution in [2.24, 2.45) is 0 Å². The molecule has 0 amide bonds. The van der Waals surface area contributed by atoms with Crippen molar-refractivity contribution in [2.45, 2.75) is 32.4 Å². The van der Waals surface area contributed by atoms with E-state index >= 15 is 0 Å². The predicted octanol–water partition coefficient (Wildman–Crippen LogP) is 2.57. The molecular formula is C12H22N2S. The van der Waals surface area contributed by atoms with Gasteiger partial charge in [0.15, 0.2) is 0 Å². The van der Waals surface area contributed by atoms with E-state index in [4.69, 9.17) is 0 Å². The molecule has 0 bridgehead atoms. The van der Waals surface area contributed by atoms with Crippen molar-refractivity contribution >= 4 is 11.3 Å². The van der Waals surface area contributed by atoms with Gasteiger partial charge in [0.2, 0.25) is 0 Å². The Kier molecular flexibility index (Phi) is 5.91. The van der Waals surface area contributed by atoms with E-state index in [1.165, 1.54) is 17.7 Å². The summed E-state index contributed by atoms with van der Waals surface area (Å²) in [5.41, 5.74) is 0. The minimum absolute atomic E-state index is 0.655. The van der Waals surface area contributed by atoms with Gasteiger partial charge in [0, 0.05) is 24.0 Å². The molecule has 1 unspecified atom stereocenters. The lowest BCUT2D eigenvalue weighted by molar-refractivity contribution is 0.219. The second-order valence-corrected chi connectivity index (χ2v) is 5.03. The maximum Gasteiger partial charge on any atom is 0.0328 e. The van der Waals surface area contributed by atoms with Crippen LogP contribution in [-0.2, 0) is 6.54 Å². The van der Waals surface area contributed by atoms with Gasteiger partial charge in [0.05, 0.1) is 0 Å². The van der Waals surface area contributed by atoms with E-state index in [1.54, 1.807) is 0 Å². The Balaban J connectivity index is 2.44. The maximum atomic E-state index is 3.27. The largest absolute Gasteiger partial charge is 0.318 e. The highest BCUT2D eigenvalue weighted by Gasteiger charge is 2.13. The van der Waals surface area contributed by atoms with Crippen LogP contribution in [0.25, 0.3) is 0 Å². The van der Waals surface area contributed by atoms with Crippen molar-refractivity contribution in [3.05, 3.63) is 22.4 Å². The van der Waals surface area contributed by atoms with Crippen LogP contribution in [-0.4, -0.2) is 31.6 Å². The van der Waals surface area contributed by atoms with Crippen molar-refractivity contribution < 1.29 is 0 Å². The van der Waals surface area contributed by atoms with Crippen molar-refractivity contribution in [3.8, 4) is 0 Å². The van der Waals surface area contributed by atoms with Gasteiger partial charge in [-0.05, 0) is 32.0 Å². The zero-order valence-corrected chi connectivity index (χ0v) is 10.8. The normalized spacial score (nSPS) is 13.3. The molecule has 0 radical (unpaired) electrons. The van der Waals surface area contributed by atoms with Crippen LogP contribution in [0.1, 0.15) is 24.6 Å². The smallest absolute Gasteiger partial charge is 0.0328 e. The predicted molar refractivity (Wildman–Crippen MR) is 68.4 cm³/mol. The molecule has 0 aliphatic heterocycles. The summed E-state index contributed by atoms with van der Waals surface area (Å²) in [4.78, 5) is 3.90. The van der Waals surface area contributed by atoms with Crippen LogP contribution < -0.4 is 5.32 Å². The monoisotopic (exact) mass is 226 g/mol. The molecule has 0 spiro atoms. The fourth-order valence-electron chi connectivity index (χ4n) is 1.82. The number of nitrogens with one attached hydrogen (secondary N) is 1. The molecule has 0 aliphatic carbocycles. The highest BCUT2D eigenvalue weighted by atomic mass is 32.1. The molecule has 0 fully saturated rings. The molecule has 0 saturated carbocycles. The lowest BCUT2D eigenvalue weighted by Gasteiger charge is -2.27. The van der Waals surface area contributed by atoms with Gasteiger partial charge in [0.1, 0.15) is 0 Å². The number of likely N-dealkylation sites (N-methyl/N-ethyl adjacent to an activating group) is 2. The van der Waals surface area contributed by atoms with Crippen molar-refractivity contribution in [1.29, 1.82) is 0 Å². The van der Waals surface area contributed by atoms with Crippen molar-refractivity contribution in [3.63, 3.8) is 0 Å². The molecular weight excluding hydrogens is 204 g/mol. The SMILES string of the molecule is CCCC(CNC)N(C)Cc1cccs1. The van der Waals surface area contributed by atoms with Crippen molar-refractivity contribution in [2.75, 3.05) is 20.6 Å². The van der Waals surface area contributed by atoms with E-state index < -0.39 is 0 Å². The molecule has 1 N–H and O–H groups in total. The summed E-state index contributed by atoms with van der Waals surface area (Å²) in [7, 11) is 4.25. The fraction of sp³-hybridized carbons (Fsp3) is 0.667. The summed E-state index contributed by atoms with van der Waals surface area (Å²) in [6.07, 6.45) is 2.52. The van der Waals surface area contributed by atoms with Gasteiger partial charge in [-0.25, -0.2) is 0 Å². The number of rotatable bonds is 7. The Bertz CT molecular complexity index is 240. The maximum absolute atomic E-state index is 3.27. The zero-order valence-electron chi connectivity index (χ0n) is 9.99. The third-order valence-electron chi connectivity index (χ3n) is 2.67. The number of nitrogens with zero attached hydrogens (tertiary/aromatic N) is 1. The first kappa shape index (κ1) is 12.7. The van der Waals surface area contributed by atoms with Gasteiger partial charge in [-0.15, -0.1) is 11.3 Å². The molecule has 1 aromatic heterocycles. The van der Waals surface area contributed by atoms with E-state index in [2.05, 4.69) is 41.7 Å². The van der Waals surface area contributed by atoms with E-state index in [1.807, 2.05) is 18.4 Å². The summed E-state index contributed by atoms with van der Waals surface area (Å²) in [5.74, 6) is 0. The molecule has 3 heteroatoms. The average Bonchev–Trinajstić information content (AvgIpc) is 2.70. The Morgan fingerprint density at radius 3 is 2.87 bits per heavy atom. The Hall–Kier alpha value is -0.380. The minimum atomic E-state index is 0.655.